The molecule has 0 N–H and O–H groups in total. The van der Waals surface area contributed by atoms with Crippen molar-refractivity contribution in [1.29, 1.82) is 0 Å². The van der Waals surface area contributed by atoms with Gasteiger partial charge in [0.25, 0.3) is 5.91 Å². The normalized spacial score (nSPS) is 16.7. The first-order chi connectivity index (χ1) is 14.6. The Hall–Kier alpha value is -3.15. The van der Waals surface area contributed by atoms with Crippen LogP contribution in [0.5, 0.6) is 0 Å². The average molecular weight is 402 g/mol. The van der Waals surface area contributed by atoms with E-state index in [-0.39, 0.29) is 5.91 Å². The minimum Gasteiger partial charge on any atom is -0.368 e. The summed E-state index contributed by atoms with van der Waals surface area (Å²) in [4.78, 5) is 21.6. The van der Waals surface area contributed by atoms with Crippen LogP contribution >= 0.6 is 0 Å². The molecule has 154 valence electrons. The summed E-state index contributed by atoms with van der Waals surface area (Å²) in [5.74, 6) is 2.01. The van der Waals surface area contributed by atoms with Crippen molar-refractivity contribution in [2.45, 2.75) is 32.6 Å². The second-order valence-electron chi connectivity index (χ2n) is 8.36. The number of aryl methyl sites for hydroxylation is 2. The fourth-order valence-corrected chi connectivity index (χ4v) is 3.89. The number of hydrogen-bond donors (Lipinski definition) is 0. The van der Waals surface area contributed by atoms with Crippen molar-refractivity contribution in [2.24, 2.45) is 0 Å². The van der Waals surface area contributed by atoms with Gasteiger partial charge in [0.05, 0.1) is 0 Å². The topological polar surface area (TPSA) is 62.5 Å². The van der Waals surface area contributed by atoms with E-state index in [2.05, 4.69) is 41.0 Å². The summed E-state index contributed by atoms with van der Waals surface area (Å²) in [7, 11) is 0. The van der Waals surface area contributed by atoms with Crippen molar-refractivity contribution >= 4 is 11.6 Å². The second kappa shape index (κ2) is 7.59. The standard InChI is InChI=1S/C24H26N4O2/c1-16-3-4-20(15-17(16)2)24(29)28-13-11-27(12-14-28)21-9-7-18(8-10-21)22-25-23(30-26-22)19-5-6-19/h3-4,7-10,15,19H,5-6,11-14H2,1-2H3. The SMILES string of the molecule is Cc1ccc(C(=O)N2CCN(c3ccc(-c4noc(C5CC5)n4)cc3)CC2)cc1C. The van der Waals surface area contributed by atoms with Crippen LogP contribution in [0.25, 0.3) is 11.4 Å². The van der Waals surface area contributed by atoms with E-state index in [0.29, 0.717) is 11.7 Å². The summed E-state index contributed by atoms with van der Waals surface area (Å²) in [6.45, 7) is 7.22. The molecular weight excluding hydrogens is 376 g/mol. The molecule has 30 heavy (non-hydrogen) atoms. The molecule has 1 saturated carbocycles. The zero-order valence-electron chi connectivity index (χ0n) is 17.5. The molecule has 3 aromatic rings. The number of carbonyl (C=O) groups excluding carboxylic acids is 1. The van der Waals surface area contributed by atoms with Crippen molar-refractivity contribution < 1.29 is 9.32 Å². The third-order valence-corrected chi connectivity index (χ3v) is 6.18. The molecule has 0 unspecified atom stereocenters. The Morgan fingerprint density at radius 3 is 2.37 bits per heavy atom. The highest BCUT2D eigenvalue weighted by Crippen LogP contribution is 2.39. The second-order valence-corrected chi connectivity index (χ2v) is 8.36. The number of hydrogen-bond acceptors (Lipinski definition) is 5. The highest BCUT2D eigenvalue weighted by Gasteiger charge is 2.30. The van der Waals surface area contributed by atoms with Crippen molar-refractivity contribution in [3.63, 3.8) is 0 Å². The van der Waals surface area contributed by atoms with Gasteiger partial charge in [0.2, 0.25) is 11.7 Å². The summed E-state index contributed by atoms with van der Waals surface area (Å²) < 4.78 is 5.37. The van der Waals surface area contributed by atoms with Crippen LogP contribution in [0.4, 0.5) is 5.69 Å². The third kappa shape index (κ3) is 3.70. The Morgan fingerprint density at radius 1 is 0.967 bits per heavy atom. The Labute approximate surface area is 176 Å². The molecule has 2 aromatic carbocycles. The van der Waals surface area contributed by atoms with E-state index in [1.165, 1.54) is 5.56 Å². The fourth-order valence-electron chi connectivity index (χ4n) is 3.89. The smallest absolute Gasteiger partial charge is 0.253 e. The Morgan fingerprint density at radius 2 is 1.70 bits per heavy atom. The lowest BCUT2D eigenvalue weighted by atomic mass is 10.1. The van der Waals surface area contributed by atoms with E-state index in [9.17, 15) is 4.79 Å². The molecular formula is C24H26N4O2. The van der Waals surface area contributed by atoms with E-state index < -0.39 is 0 Å². The van der Waals surface area contributed by atoms with E-state index in [1.807, 2.05) is 35.2 Å². The molecule has 5 rings (SSSR count). The number of piperazine rings is 1. The van der Waals surface area contributed by atoms with Gasteiger partial charge in [0.1, 0.15) is 0 Å². The predicted octanol–water partition coefficient (Wildman–Crippen LogP) is 4.19. The molecule has 0 atom stereocenters. The Kier molecular flexibility index (Phi) is 4.77. The van der Waals surface area contributed by atoms with Crippen LogP contribution in [-0.2, 0) is 0 Å². The maximum Gasteiger partial charge on any atom is 0.253 e. The quantitative estimate of drug-likeness (QED) is 0.655. The highest BCUT2D eigenvalue weighted by molar-refractivity contribution is 5.94. The summed E-state index contributed by atoms with van der Waals surface area (Å²) in [6, 6.07) is 14.2. The van der Waals surface area contributed by atoms with Gasteiger partial charge in [-0.25, -0.2) is 0 Å². The summed E-state index contributed by atoms with van der Waals surface area (Å²) in [6.07, 6.45) is 2.30. The van der Waals surface area contributed by atoms with E-state index >= 15 is 0 Å². The molecule has 6 heteroatoms. The van der Waals surface area contributed by atoms with Gasteiger partial charge in [-0.05, 0) is 74.2 Å². The van der Waals surface area contributed by atoms with Gasteiger partial charge in [-0.15, -0.1) is 0 Å². The molecule has 2 aliphatic rings. The minimum atomic E-state index is 0.122. The van der Waals surface area contributed by atoms with Gasteiger partial charge in [-0.2, -0.15) is 4.98 Å². The van der Waals surface area contributed by atoms with Gasteiger partial charge in [0, 0.05) is 48.9 Å². The molecule has 0 radical (unpaired) electrons. The molecule has 1 saturated heterocycles. The number of anilines is 1. The van der Waals surface area contributed by atoms with E-state index in [1.54, 1.807) is 0 Å². The van der Waals surface area contributed by atoms with Crippen LogP contribution < -0.4 is 4.90 Å². The first kappa shape index (κ1) is 18.9. The molecule has 1 aromatic heterocycles. The lowest BCUT2D eigenvalue weighted by molar-refractivity contribution is 0.0746. The van der Waals surface area contributed by atoms with Crippen molar-refractivity contribution in [3.8, 4) is 11.4 Å². The lowest BCUT2D eigenvalue weighted by Gasteiger charge is -2.36. The van der Waals surface area contributed by atoms with Crippen LogP contribution in [0.3, 0.4) is 0 Å². The monoisotopic (exact) mass is 402 g/mol. The molecule has 0 spiro atoms. The highest BCUT2D eigenvalue weighted by atomic mass is 16.5. The number of benzene rings is 2. The Balaban J connectivity index is 1.21. The predicted molar refractivity (Wildman–Crippen MR) is 116 cm³/mol. The van der Waals surface area contributed by atoms with Crippen LogP contribution in [-0.4, -0.2) is 47.1 Å². The van der Waals surface area contributed by atoms with Crippen molar-refractivity contribution in [1.82, 2.24) is 15.0 Å². The average Bonchev–Trinajstić information content (AvgIpc) is 3.52. The van der Waals surface area contributed by atoms with Crippen LogP contribution in [0, 0.1) is 13.8 Å². The molecule has 1 aliphatic heterocycles. The number of nitrogens with zero attached hydrogens (tertiary/aromatic N) is 4. The first-order valence-electron chi connectivity index (χ1n) is 10.6. The van der Waals surface area contributed by atoms with Crippen LogP contribution in [0.1, 0.15) is 46.1 Å². The molecule has 2 heterocycles. The van der Waals surface area contributed by atoms with Gasteiger partial charge < -0.3 is 14.3 Å². The van der Waals surface area contributed by atoms with Crippen molar-refractivity contribution in [2.75, 3.05) is 31.1 Å². The molecule has 6 nitrogen and oxygen atoms in total. The van der Waals surface area contributed by atoms with Crippen molar-refractivity contribution in [3.05, 3.63) is 65.0 Å². The minimum absolute atomic E-state index is 0.122. The summed E-state index contributed by atoms with van der Waals surface area (Å²) in [5, 5.41) is 4.12. The molecule has 0 bridgehead atoms. The zero-order chi connectivity index (χ0) is 20.7. The lowest BCUT2D eigenvalue weighted by Crippen LogP contribution is -2.48. The molecule has 2 fully saturated rings. The van der Waals surface area contributed by atoms with Gasteiger partial charge in [-0.3, -0.25) is 4.79 Å². The zero-order valence-corrected chi connectivity index (χ0v) is 17.5. The molecule has 1 amide bonds. The van der Waals surface area contributed by atoms with Crippen LogP contribution in [0.15, 0.2) is 47.0 Å². The van der Waals surface area contributed by atoms with Gasteiger partial charge >= 0.3 is 0 Å². The van der Waals surface area contributed by atoms with Gasteiger partial charge in [-0.1, -0.05) is 11.2 Å². The van der Waals surface area contributed by atoms with Gasteiger partial charge in [0.15, 0.2) is 0 Å². The van der Waals surface area contributed by atoms with E-state index in [4.69, 9.17) is 4.52 Å². The number of carbonyl (C=O) groups is 1. The summed E-state index contributed by atoms with van der Waals surface area (Å²) >= 11 is 0. The number of rotatable bonds is 4. The Bertz CT molecular complexity index is 1060. The maximum absolute atomic E-state index is 12.8. The third-order valence-electron chi connectivity index (χ3n) is 6.18. The first-order valence-corrected chi connectivity index (χ1v) is 10.6. The summed E-state index contributed by atoms with van der Waals surface area (Å²) in [5.41, 5.74) is 5.28. The van der Waals surface area contributed by atoms with E-state index in [0.717, 1.165) is 67.3 Å². The fraction of sp³-hybridized carbons (Fsp3) is 0.375. The van der Waals surface area contributed by atoms with Crippen LogP contribution in [0.2, 0.25) is 0 Å². The number of aromatic nitrogens is 2. The largest absolute Gasteiger partial charge is 0.368 e. The number of amides is 1. The maximum atomic E-state index is 12.8. The molecule has 1 aliphatic carbocycles.